The van der Waals surface area contributed by atoms with Gasteiger partial charge in [0.2, 0.25) is 0 Å². The van der Waals surface area contributed by atoms with Crippen molar-refractivity contribution in [2.75, 3.05) is 0 Å². The zero-order valence-electron chi connectivity index (χ0n) is 6.94. The monoisotopic (exact) mass is 196 g/mol. The van der Waals surface area contributed by atoms with E-state index in [0.717, 1.165) is 11.1 Å². The molecule has 1 aromatic carbocycles. The molecule has 0 spiro atoms. The summed E-state index contributed by atoms with van der Waals surface area (Å²) in [6, 6.07) is 3.64. The number of aromatic nitrogens is 2. The molecule has 13 heavy (non-hydrogen) atoms. The molecular weight excluding hydrogens is 188 g/mol. The van der Waals surface area contributed by atoms with E-state index in [4.69, 9.17) is 4.55 Å². The van der Waals surface area contributed by atoms with Gasteiger partial charge >= 0.3 is 0 Å². The van der Waals surface area contributed by atoms with Crippen molar-refractivity contribution in [1.82, 2.24) is 10.2 Å². The van der Waals surface area contributed by atoms with Crippen LogP contribution in [-0.2, 0) is 11.1 Å². The van der Waals surface area contributed by atoms with Gasteiger partial charge in [0.15, 0.2) is 11.1 Å². The number of hydrogen-bond acceptors (Lipinski definition) is 2. The summed E-state index contributed by atoms with van der Waals surface area (Å²) >= 11 is -1.95. The van der Waals surface area contributed by atoms with Gasteiger partial charge in [-0.2, -0.15) is 5.10 Å². The van der Waals surface area contributed by atoms with Crippen molar-refractivity contribution >= 4 is 22.0 Å². The van der Waals surface area contributed by atoms with Gasteiger partial charge in [0.1, 0.15) is 0 Å². The molecule has 2 N–H and O–H groups in total. The van der Waals surface area contributed by atoms with E-state index in [1.165, 1.54) is 0 Å². The molecule has 5 heteroatoms. The Labute approximate surface area is 77.3 Å². The van der Waals surface area contributed by atoms with E-state index in [1.807, 2.05) is 6.07 Å². The van der Waals surface area contributed by atoms with Gasteiger partial charge in [-0.05, 0) is 18.6 Å². The molecule has 0 aliphatic heterocycles. The van der Waals surface area contributed by atoms with Crippen LogP contribution in [0.25, 0.3) is 10.9 Å². The summed E-state index contributed by atoms with van der Waals surface area (Å²) in [4.78, 5) is 0.436. The van der Waals surface area contributed by atoms with Crippen LogP contribution in [0.1, 0.15) is 5.56 Å². The first-order valence-electron chi connectivity index (χ1n) is 3.73. The minimum absolute atomic E-state index is 0.436. The highest BCUT2D eigenvalue weighted by molar-refractivity contribution is 7.79. The number of hydrogen-bond donors (Lipinski definition) is 2. The molecule has 68 valence electrons. The molecule has 4 nitrogen and oxygen atoms in total. The molecule has 2 aromatic rings. The molecule has 0 aliphatic carbocycles. The summed E-state index contributed by atoms with van der Waals surface area (Å²) in [5, 5.41) is 7.27. The number of benzene rings is 1. The number of fused-ring (bicyclic) bond motifs is 1. The van der Waals surface area contributed by atoms with Crippen molar-refractivity contribution < 1.29 is 8.76 Å². The third kappa shape index (κ3) is 1.26. The van der Waals surface area contributed by atoms with Gasteiger partial charge in [-0.3, -0.25) is 5.10 Å². The third-order valence-electron chi connectivity index (χ3n) is 1.95. The van der Waals surface area contributed by atoms with E-state index in [-0.39, 0.29) is 0 Å². The lowest BCUT2D eigenvalue weighted by Crippen LogP contribution is -1.92. The van der Waals surface area contributed by atoms with E-state index in [2.05, 4.69) is 10.2 Å². The summed E-state index contributed by atoms with van der Waals surface area (Å²) in [5.74, 6) is 0. The molecule has 0 saturated heterocycles. The van der Waals surface area contributed by atoms with E-state index in [1.54, 1.807) is 19.2 Å². The summed E-state index contributed by atoms with van der Waals surface area (Å²) in [5.41, 5.74) is 1.58. The van der Waals surface area contributed by atoms with Gasteiger partial charge in [0, 0.05) is 5.39 Å². The highest BCUT2D eigenvalue weighted by Gasteiger charge is 2.10. The maximum absolute atomic E-state index is 11.0. The number of rotatable bonds is 1. The predicted molar refractivity (Wildman–Crippen MR) is 49.9 cm³/mol. The zero-order valence-corrected chi connectivity index (χ0v) is 7.76. The van der Waals surface area contributed by atoms with Crippen molar-refractivity contribution in [3.63, 3.8) is 0 Å². The minimum atomic E-state index is -1.95. The van der Waals surface area contributed by atoms with Crippen molar-refractivity contribution in [2.24, 2.45) is 0 Å². The Hall–Kier alpha value is -1.20. The molecule has 0 aliphatic rings. The van der Waals surface area contributed by atoms with Crippen LogP contribution < -0.4 is 0 Å². The zero-order chi connectivity index (χ0) is 9.42. The van der Waals surface area contributed by atoms with Crippen LogP contribution in [0, 0.1) is 6.92 Å². The van der Waals surface area contributed by atoms with E-state index < -0.39 is 11.1 Å². The molecular formula is C8H8N2O2S. The number of aromatic amines is 1. The Balaban J connectivity index is 2.88. The fourth-order valence-electron chi connectivity index (χ4n) is 1.33. The molecule has 1 aromatic heterocycles. The lowest BCUT2D eigenvalue weighted by molar-refractivity contribution is 0.565. The second-order valence-corrected chi connectivity index (χ2v) is 3.70. The topological polar surface area (TPSA) is 66.0 Å². The van der Waals surface area contributed by atoms with Crippen LogP contribution in [0.3, 0.4) is 0 Å². The van der Waals surface area contributed by atoms with Gasteiger partial charge in [0.05, 0.1) is 16.6 Å². The Bertz CT molecular complexity index is 478. The largest absolute Gasteiger partial charge is 0.302 e. The first-order valence-corrected chi connectivity index (χ1v) is 4.84. The van der Waals surface area contributed by atoms with Crippen molar-refractivity contribution in [2.45, 2.75) is 11.8 Å². The van der Waals surface area contributed by atoms with Gasteiger partial charge in [0.25, 0.3) is 0 Å². The molecule has 1 atom stereocenters. The normalized spacial score (nSPS) is 13.4. The molecule has 0 radical (unpaired) electrons. The van der Waals surface area contributed by atoms with Crippen molar-refractivity contribution in [3.05, 3.63) is 23.9 Å². The maximum Gasteiger partial charge on any atom is 0.187 e. The summed E-state index contributed by atoms with van der Waals surface area (Å²) < 4.78 is 20.1. The molecule has 0 amide bonds. The third-order valence-corrected chi connectivity index (χ3v) is 2.84. The smallest absolute Gasteiger partial charge is 0.187 e. The van der Waals surface area contributed by atoms with Crippen LogP contribution in [-0.4, -0.2) is 19.0 Å². The SMILES string of the molecule is Cc1ccc2[nH]ncc2c1S(=O)O. The molecule has 2 rings (SSSR count). The fraction of sp³-hybridized carbons (Fsp3) is 0.125. The average molecular weight is 196 g/mol. The minimum Gasteiger partial charge on any atom is -0.302 e. The molecule has 0 fully saturated rings. The Morgan fingerprint density at radius 3 is 3.00 bits per heavy atom. The predicted octanol–water partition coefficient (Wildman–Crippen LogP) is 1.45. The summed E-state index contributed by atoms with van der Waals surface area (Å²) in [6.07, 6.45) is 1.56. The van der Waals surface area contributed by atoms with Crippen LogP contribution in [0.5, 0.6) is 0 Å². The number of nitrogens with one attached hydrogen (secondary N) is 1. The molecule has 1 unspecified atom stereocenters. The lowest BCUT2D eigenvalue weighted by atomic mass is 10.2. The number of nitrogens with zero attached hydrogens (tertiary/aromatic N) is 1. The van der Waals surface area contributed by atoms with Crippen LogP contribution in [0.2, 0.25) is 0 Å². The number of aryl methyl sites for hydroxylation is 1. The quantitative estimate of drug-likeness (QED) is 0.678. The average Bonchev–Trinajstić information content (AvgIpc) is 2.50. The second kappa shape index (κ2) is 2.93. The second-order valence-electron chi connectivity index (χ2n) is 2.79. The summed E-state index contributed by atoms with van der Waals surface area (Å²) in [6.45, 7) is 1.80. The molecule has 1 heterocycles. The maximum atomic E-state index is 11.0. The van der Waals surface area contributed by atoms with Gasteiger partial charge in [-0.1, -0.05) is 6.07 Å². The van der Waals surface area contributed by atoms with Crippen molar-refractivity contribution in [1.29, 1.82) is 0 Å². The number of H-pyrrole nitrogens is 1. The van der Waals surface area contributed by atoms with Crippen LogP contribution in [0.15, 0.2) is 23.2 Å². The standard InChI is InChI=1S/C8H8N2O2S/c1-5-2-3-7-6(4-9-10-7)8(5)13(11)12/h2-4H,1H3,(H,9,10)(H,11,12). The van der Waals surface area contributed by atoms with Crippen molar-refractivity contribution in [3.8, 4) is 0 Å². The van der Waals surface area contributed by atoms with E-state index in [9.17, 15) is 4.21 Å². The van der Waals surface area contributed by atoms with Crippen LogP contribution >= 0.6 is 0 Å². The molecule has 0 bridgehead atoms. The highest BCUT2D eigenvalue weighted by Crippen LogP contribution is 2.22. The van der Waals surface area contributed by atoms with Crippen LogP contribution in [0.4, 0.5) is 0 Å². The summed E-state index contributed by atoms with van der Waals surface area (Å²) in [7, 11) is 0. The first kappa shape index (κ1) is 8.40. The van der Waals surface area contributed by atoms with E-state index >= 15 is 0 Å². The Morgan fingerprint density at radius 2 is 2.31 bits per heavy atom. The lowest BCUT2D eigenvalue weighted by Gasteiger charge is -2.01. The fourth-order valence-corrected chi connectivity index (χ4v) is 2.03. The highest BCUT2D eigenvalue weighted by atomic mass is 32.2. The Morgan fingerprint density at radius 1 is 1.54 bits per heavy atom. The van der Waals surface area contributed by atoms with E-state index in [0.29, 0.717) is 10.3 Å². The Kier molecular flexibility index (Phi) is 1.90. The van der Waals surface area contributed by atoms with Gasteiger partial charge < -0.3 is 4.55 Å². The first-order chi connectivity index (χ1) is 6.20. The molecule has 0 saturated carbocycles. The van der Waals surface area contributed by atoms with Gasteiger partial charge in [-0.15, -0.1) is 0 Å². The van der Waals surface area contributed by atoms with Gasteiger partial charge in [-0.25, -0.2) is 4.21 Å².